The summed E-state index contributed by atoms with van der Waals surface area (Å²) < 4.78 is 46.5. The summed E-state index contributed by atoms with van der Waals surface area (Å²) in [6.07, 6.45) is 0.429. The number of thiophene rings is 1. The summed E-state index contributed by atoms with van der Waals surface area (Å²) in [6.45, 7) is 2.66. The number of hydrogen-bond donors (Lipinski definition) is 0. The Bertz CT molecular complexity index is 1220. The van der Waals surface area contributed by atoms with Gasteiger partial charge in [0, 0.05) is 36.7 Å². The molecular formula is C25H28ClFN2O4S2. The number of ether oxygens (including phenoxy) is 1. The van der Waals surface area contributed by atoms with E-state index in [0.717, 1.165) is 16.0 Å². The van der Waals surface area contributed by atoms with Crippen LogP contribution in [0, 0.1) is 12.7 Å². The third-order valence-electron chi connectivity index (χ3n) is 5.46. The van der Waals surface area contributed by atoms with Crippen molar-refractivity contribution in [1.29, 1.82) is 0 Å². The fourth-order valence-electron chi connectivity index (χ4n) is 3.46. The molecule has 188 valence electrons. The molecule has 0 radical (unpaired) electrons. The average molecular weight is 539 g/mol. The Morgan fingerprint density at radius 3 is 2.34 bits per heavy atom. The fourth-order valence-corrected chi connectivity index (χ4v) is 5.93. The largest absolute Gasteiger partial charge is 0.385 e. The highest BCUT2D eigenvalue weighted by atomic mass is 35.5. The summed E-state index contributed by atoms with van der Waals surface area (Å²) in [5.74, 6) is -0.712. The SMILES string of the molecule is COCCCN(CC(=O)N(Cc1ccc(F)cc1)Cc1sccc1C)S(=O)(=O)c1ccc(Cl)cc1. The molecule has 3 aromatic rings. The molecule has 3 rings (SSSR count). The quantitative estimate of drug-likeness (QED) is 0.301. The summed E-state index contributed by atoms with van der Waals surface area (Å²) >= 11 is 7.46. The van der Waals surface area contributed by atoms with E-state index in [-0.39, 0.29) is 36.3 Å². The Kier molecular flexibility index (Phi) is 9.82. The second-order valence-electron chi connectivity index (χ2n) is 8.04. The highest BCUT2D eigenvalue weighted by molar-refractivity contribution is 7.89. The summed E-state index contributed by atoms with van der Waals surface area (Å²) in [7, 11) is -2.41. The minimum Gasteiger partial charge on any atom is -0.385 e. The van der Waals surface area contributed by atoms with Gasteiger partial charge in [-0.3, -0.25) is 4.79 Å². The fraction of sp³-hybridized carbons (Fsp3) is 0.320. The van der Waals surface area contributed by atoms with Gasteiger partial charge in [0.25, 0.3) is 0 Å². The Hall–Kier alpha value is -2.30. The van der Waals surface area contributed by atoms with E-state index in [4.69, 9.17) is 16.3 Å². The van der Waals surface area contributed by atoms with Gasteiger partial charge in [-0.05, 0) is 72.3 Å². The van der Waals surface area contributed by atoms with E-state index >= 15 is 0 Å². The minimum absolute atomic E-state index is 0.0614. The number of methoxy groups -OCH3 is 1. The van der Waals surface area contributed by atoms with Gasteiger partial charge in [-0.2, -0.15) is 4.31 Å². The van der Waals surface area contributed by atoms with Gasteiger partial charge < -0.3 is 9.64 Å². The van der Waals surface area contributed by atoms with E-state index in [2.05, 4.69) is 0 Å². The molecule has 0 saturated heterocycles. The van der Waals surface area contributed by atoms with Crippen molar-refractivity contribution in [2.75, 3.05) is 26.8 Å². The maximum Gasteiger partial charge on any atom is 0.243 e. The van der Waals surface area contributed by atoms with Crippen LogP contribution in [0.25, 0.3) is 0 Å². The summed E-state index contributed by atoms with van der Waals surface area (Å²) in [5, 5.41) is 2.37. The number of carbonyl (C=O) groups excluding carboxylic acids is 1. The smallest absolute Gasteiger partial charge is 0.243 e. The minimum atomic E-state index is -3.95. The monoisotopic (exact) mass is 538 g/mol. The van der Waals surface area contributed by atoms with Crippen molar-refractivity contribution < 1.29 is 22.3 Å². The molecule has 1 heterocycles. The third-order valence-corrected chi connectivity index (χ3v) is 8.58. The molecule has 0 atom stereocenters. The van der Waals surface area contributed by atoms with Gasteiger partial charge >= 0.3 is 0 Å². The molecule has 0 bridgehead atoms. The molecule has 0 aliphatic carbocycles. The number of nitrogens with zero attached hydrogens (tertiary/aromatic N) is 2. The van der Waals surface area contributed by atoms with E-state index in [1.54, 1.807) is 17.0 Å². The van der Waals surface area contributed by atoms with Gasteiger partial charge in [0.2, 0.25) is 15.9 Å². The number of carbonyl (C=O) groups is 1. The van der Waals surface area contributed by atoms with Gasteiger partial charge in [0.1, 0.15) is 5.82 Å². The molecule has 0 saturated carbocycles. The summed E-state index contributed by atoms with van der Waals surface area (Å²) in [6, 6.07) is 13.8. The number of aryl methyl sites for hydroxylation is 1. The van der Waals surface area contributed by atoms with Crippen molar-refractivity contribution in [3.63, 3.8) is 0 Å². The molecule has 6 nitrogen and oxygen atoms in total. The van der Waals surface area contributed by atoms with Crippen LogP contribution < -0.4 is 0 Å². The number of benzene rings is 2. The van der Waals surface area contributed by atoms with E-state index in [1.807, 2.05) is 18.4 Å². The normalized spacial score (nSPS) is 11.7. The topological polar surface area (TPSA) is 66.9 Å². The van der Waals surface area contributed by atoms with E-state index in [1.165, 1.54) is 59.2 Å². The maximum absolute atomic E-state index is 13.5. The van der Waals surface area contributed by atoms with Crippen LogP contribution in [0.4, 0.5) is 4.39 Å². The standard InChI is InChI=1S/C25H28ClFN2O4S2/c1-19-12-15-34-24(19)17-28(16-20-4-8-22(27)9-5-20)25(30)18-29(13-3-14-33-2)35(31,32)23-10-6-21(26)7-11-23/h4-12,15H,3,13-14,16-18H2,1-2H3. The second kappa shape index (κ2) is 12.6. The molecule has 0 spiro atoms. The number of hydrogen-bond acceptors (Lipinski definition) is 5. The molecule has 0 aliphatic heterocycles. The lowest BCUT2D eigenvalue weighted by Gasteiger charge is -2.27. The van der Waals surface area contributed by atoms with Gasteiger partial charge in [-0.1, -0.05) is 23.7 Å². The highest BCUT2D eigenvalue weighted by Crippen LogP contribution is 2.22. The van der Waals surface area contributed by atoms with Crippen LogP contribution in [-0.2, 0) is 32.6 Å². The lowest BCUT2D eigenvalue weighted by atomic mass is 10.2. The molecule has 35 heavy (non-hydrogen) atoms. The van der Waals surface area contributed by atoms with Crippen LogP contribution in [0.15, 0.2) is 64.9 Å². The zero-order valence-corrected chi connectivity index (χ0v) is 22.0. The lowest BCUT2D eigenvalue weighted by Crippen LogP contribution is -2.43. The Labute approximate surface area is 214 Å². The van der Waals surface area contributed by atoms with Crippen molar-refractivity contribution in [3.05, 3.63) is 86.8 Å². The predicted molar refractivity (Wildman–Crippen MR) is 136 cm³/mol. The Morgan fingerprint density at radius 2 is 1.74 bits per heavy atom. The number of sulfonamides is 1. The van der Waals surface area contributed by atoms with Gasteiger partial charge in [-0.15, -0.1) is 11.3 Å². The highest BCUT2D eigenvalue weighted by Gasteiger charge is 2.28. The molecule has 0 unspecified atom stereocenters. The third kappa shape index (κ3) is 7.59. The van der Waals surface area contributed by atoms with Crippen LogP contribution in [0.5, 0.6) is 0 Å². The first-order chi connectivity index (χ1) is 16.7. The Balaban J connectivity index is 1.87. The van der Waals surface area contributed by atoms with Crippen LogP contribution in [0.1, 0.15) is 22.4 Å². The molecule has 0 N–H and O–H groups in total. The molecule has 10 heteroatoms. The maximum atomic E-state index is 13.5. The summed E-state index contributed by atoms with van der Waals surface area (Å²) in [4.78, 5) is 16.2. The van der Waals surface area contributed by atoms with E-state index in [9.17, 15) is 17.6 Å². The zero-order chi connectivity index (χ0) is 25.4. The molecule has 1 amide bonds. The molecular weight excluding hydrogens is 511 g/mol. The number of rotatable bonds is 12. The van der Waals surface area contributed by atoms with Gasteiger partial charge in [-0.25, -0.2) is 12.8 Å². The second-order valence-corrected chi connectivity index (χ2v) is 11.4. The molecule has 0 fully saturated rings. The van der Waals surface area contributed by atoms with Crippen LogP contribution in [-0.4, -0.2) is 50.3 Å². The van der Waals surface area contributed by atoms with Crippen molar-refractivity contribution >= 4 is 38.9 Å². The first-order valence-electron chi connectivity index (χ1n) is 11.0. The van der Waals surface area contributed by atoms with Crippen LogP contribution in [0.3, 0.4) is 0 Å². The Morgan fingerprint density at radius 1 is 1.06 bits per heavy atom. The van der Waals surface area contributed by atoms with Crippen molar-refractivity contribution in [3.8, 4) is 0 Å². The van der Waals surface area contributed by atoms with Crippen molar-refractivity contribution in [2.24, 2.45) is 0 Å². The summed E-state index contributed by atoms with van der Waals surface area (Å²) in [5.41, 5.74) is 1.80. The number of amides is 1. The van der Waals surface area contributed by atoms with Crippen LogP contribution in [0.2, 0.25) is 5.02 Å². The lowest BCUT2D eigenvalue weighted by molar-refractivity contribution is -0.132. The van der Waals surface area contributed by atoms with Gasteiger partial charge in [0.15, 0.2) is 0 Å². The molecule has 0 aliphatic rings. The average Bonchev–Trinajstić information content (AvgIpc) is 3.24. The first-order valence-corrected chi connectivity index (χ1v) is 13.7. The first kappa shape index (κ1) is 27.3. The van der Waals surface area contributed by atoms with Crippen molar-refractivity contribution in [1.82, 2.24) is 9.21 Å². The van der Waals surface area contributed by atoms with Crippen LogP contribution >= 0.6 is 22.9 Å². The molecule has 2 aromatic carbocycles. The van der Waals surface area contributed by atoms with E-state index < -0.39 is 10.0 Å². The van der Waals surface area contributed by atoms with Gasteiger partial charge in [0.05, 0.1) is 18.0 Å². The van der Waals surface area contributed by atoms with Crippen molar-refractivity contribution in [2.45, 2.75) is 31.3 Å². The molecule has 1 aromatic heterocycles. The zero-order valence-electron chi connectivity index (χ0n) is 19.6. The predicted octanol–water partition coefficient (Wildman–Crippen LogP) is 5.11. The van der Waals surface area contributed by atoms with E-state index in [0.29, 0.717) is 24.6 Å². The number of halogens is 2.